The lowest BCUT2D eigenvalue weighted by molar-refractivity contribution is 0.274. The van der Waals surface area contributed by atoms with Gasteiger partial charge in [-0.1, -0.05) is 15.9 Å². The van der Waals surface area contributed by atoms with Crippen LogP contribution in [0.4, 0.5) is 5.69 Å². The predicted octanol–water partition coefficient (Wildman–Crippen LogP) is 5.02. The summed E-state index contributed by atoms with van der Waals surface area (Å²) >= 11 is 7.02. The van der Waals surface area contributed by atoms with Crippen LogP contribution in [0.3, 0.4) is 0 Å². The molecule has 0 aliphatic carbocycles. The first-order valence-electron chi connectivity index (χ1n) is 6.56. The average Bonchev–Trinajstić information content (AvgIpc) is 2.49. The first-order chi connectivity index (χ1) is 10.2. The SMILES string of the molecule is N#Cc1ccc(NC2CCOc3ccc(Br)cc32)c(Br)c1. The highest BCUT2D eigenvalue weighted by Gasteiger charge is 2.22. The molecular formula is C16H12Br2N2O. The number of nitriles is 1. The van der Waals surface area contributed by atoms with E-state index in [0.717, 1.165) is 32.4 Å². The van der Waals surface area contributed by atoms with Crippen LogP contribution in [0, 0.1) is 11.3 Å². The van der Waals surface area contributed by atoms with Gasteiger partial charge in [0.2, 0.25) is 0 Å². The molecule has 0 bridgehead atoms. The highest BCUT2D eigenvalue weighted by atomic mass is 79.9. The number of rotatable bonds is 2. The fourth-order valence-electron chi connectivity index (χ4n) is 2.40. The third-order valence-electron chi connectivity index (χ3n) is 3.44. The van der Waals surface area contributed by atoms with Crippen molar-refractivity contribution < 1.29 is 4.74 Å². The molecular weight excluding hydrogens is 396 g/mol. The summed E-state index contributed by atoms with van der Waals surface area (Å²) in [6, 6.07) is 14.0. The molecule has 106 valence electrons. The average molecular weight is 408 g/mol. The number of ether oxygens (including phenoxy) is 1. The Bertz CT molecular complexity index is 725. The molecule has 1 unspecified atom stereocenters. The van der Waals surface area contributed by atoms with Crippen LogP contribution >= 0.6 is 31.9 Å². The predicted molar refractivity (Wildman–Crippen MR) is 89.5 cm³/mol. The van der Waals surface area contributed by atoms with Crippen LogP contribution < -0.4 is 10.1 Å². The summed E-state index contributed by atoms with van der Waals surface area (Å²) in [5, 5.41) is 12.4. The van der Waals surface area contributed by atoms with Gasteiger partial charge in [0.15, 0.2) is 0 Å². The molecule has 0 saturated carbocycles. The van der Waals surface area contributed by atoms with Crippen LogP contribution in [0.15, 0.2) is 45.3 Å². The van der Waals surface area contributed by atoms with Gasteiger partial charge in [-0.15, -0.1) is 0 Å². The normalized spacial score (nSPS) is 16.5. The van der Waals surface area contributed by atoms with E-state index in [1.165, 1.54) is 0 Å². The van der Waals surface area contributed by atoms with E-state index in [0.29, 0.717) is 12.2 Å². The second kappa shape index (κ2) is 6.08. The number of hydrogen-bond donors (Lipinski definition) is 1. The molecule has 1 N–H and O–H groups in total. The van der Waals surface area contributed by atoms with Gasteiger partial charge in [0.25, 0.3) is 0 Å². The minimum atomic E-state index is 0.190. The first kappa shape index (κ1) is 14.4. The van der Waals surface area contributed by atoms with E-state index in [-0.39, 0.29) is 6.04 Å². The molecule has 0 amide bonds. The zero-order chi connectivity index (χ0) is 14.8. The number of benzene rings is 2. The number of nitrogens with one attached hydrogen (secondary N) is 1. The lowest BCUT2D eigenvalue weighted by Crippen LogP contribution is -2.20. The monoisotopic (exact) mass is 406 g/mol. The molecule has 3 nitrogen and oxygen atoms in total. The number of hydrogen-bond acceptors (Lipinski definition) is 3. The van der Waals surface area contributed by atoms with Crippen molar-refractivity contribution >= 4 is 37.5 Å². The Morgan fingerprint density at radius 3 is 2.81 bits per heavy atom. The van der Waals surface area contributed by atoms with Crippen molar-refractivity contribution in [1.29, 1.82) is 5.26 Å². The number of fused-ring (bicyclic) bond motifs is 1. The molecule has 2 aromatic carbocycles. The minimum absolute atomic E-state index is 0.190. The molecule has 0 spiro atoms. The summed E-state index contributed by atoms with van der Waals surface area (Å²) < 4.78 is 7.63. The van der Waals surface area contributed by atoms with Crippen LogP contribution in [0.2, 0.25) is 0 Å². The van der Waals surface area contributed by atoms with Crippen LogP contribution in [0.1, 0.15) is 23.6 Å². The van der Waals surface area contributed by atoms with Gasteiger partial charge >= 0.3 is 0 Å². The van der Waals surface area contributed by atoms with Crippen molar-refractivity contribution in [3.63, 3.8) is 0 Å². The van der Waals surface area contributed by atoms with Gasteiger partial charge in [-0.25, -0.2) is 0 Å². The highest BCUT2D eigenvalue weighted by molar-refractivity contribution is 9.10. The molecule has 3 rings (SSSR count). The van der Waals surface area contributed by atoms with Gasteiger partial charge in [-0.3, -0.25) is 0 Å². The maximum Gasteiger partial charge on any atom is 0.124 e. The smallest absolute Gasteiger partial charge is 0.124 e. The van der Waals surface area contributed by atoms with E-state index in [2.05, 4.69) is 49.3 Å². The first-order valence-corrected chi connectivity index (χ1v) is 8.14. The molecule has 0 aromatic heterocycles. The molecule has 0 radical (unpaired) electrons. The van der Waals surface area contributed by atoms with Crippen molar-refractivity contribution in [3.05, 3.63) is 56.5 Å². The summed E-state index contributed by atoms with van der Waals surface area (Å²) in [7, 11) is 0. The molecule has 0 saturated heterocycles. The van der Waals surface area contributed by atoms with Crippen molar-refractivity contribution in [3.8, 4) is 11.8 Å². The van der Waals surface area contributed by atoms with Gasteiger partial charge < -0.3 is 10.1 Å². The number of nitrogens with zero attached hydrogens (tertiary/aromatic N) is 1. The van der Waals surface area contributed by atoms with Gasteiger partial charge in [-0.05, 0) is 52.3 Å². The van der Waals surface area contributed by atoms with E-state index in [9.17, 15) is 0 Å². The topological polar surface area (TPSA) is 45.0 Å². The van der Waals surface area contributed by atoms with Gasteiger partial charge in [0.05, 0.1) is 24.3 Å². The summed E-state index contributed by atoms with van der Waals surface area (Å²) in [4.78, 5) is 0. The second-order valence-electron chi connectivity index (χ2n) is 4.82. The molecule has 5 heteroatoms. The quantitative estimate of drug-likeness (QED) is 0.760. The van der Waals surface area contributed by atoms with Gasteiger partial charge in [0, 0.05) is 26.6 Å². The molecule has 0 fully saturated rings. The van der Waals surface area contributed by atoms with Crippen molar-refractivity contribution in [2.45, 2.75) is 12.5 Å². The van der Waals surface area contributed by atoms with Gasteiger partial charge in [0.1, 0.15) is 5.75 Å². The lowest BCUT2D eigenvalue weighted by Gasteiger charge is -2.28. The zero-order valence-electron chi connectivity index (χ0n) is 11.1. The lowest BCUT2D eigenvalue weighted by atomic mass is 10.00. The number of anilines is 1. The Hall–Kier alpha value is -1.51. The van der Waals surface area contributed by atoms with Crippen molar-refractivity contribution in [2.75, 3.05) is 11.9 Å². The molecule has 1 heterocycles. The second-order valence-corrected chi connectivity index (χ2v) is 6.59. The number of halogens is 2. The maximum absolute atomic E-state index is 8.92. The van der Waals surface area contributed by atoms with E-state index >= 15 is 0 Å². The Morgan fingerprint density at radius 1 is 1.19 bits per heavy atom. The third-order valence-corrected chi connectivity index (χ3v) is 4.59. The van der Waals surface area contributed by atoms with E-state index < -0.39 is 0 Å². The minimum Gasteiger partial charge on any atom is -0.493 e. The van der Waals surface area contributed by atoms with E-state index in [4.69, 9.17) is 10.00 Å². The fraction of sp³-hybridized carbons (Fsp3) is 0.188. The Kier molecular flexibility index (Phi) is 4.18. The largest absolute Gasteiger partial charge is 0.493 e. The van der Waals surface area contributed by atoms with E-state index in [1.54, 1.807) is 0 Å². The summed E-state index contributed by atoms with van der Waals surface area (Å²) in [6.07, 6.45) is 0.899. The summed E-state index contributed by atoms with van der Waals surface area (Å²) in [5.74, 6) is 0.923. The fourth-order valence-corrected chi connectivity index (χ4v) is 3.28. The van der Waals surface area contributed by atoms with Crippen molar-refractivity contribution in [2.24, 2.45) is 0 Å². The molecule has 1 aliphatic rings. The van der Waals surface area contributed by atoms with Crippen molar-refractivity contribution in [1.82, 2.24) is 0 Å². The van der Waals surface area contributed by atoms with Crippen LogP contribution in [0.5, 0.6) is 5.75 Å². The van der Waals surface area contributed by atoms with Crippen LogP contribution in [-0.2, 0) is 0 Å². The maximum atomic E-state index is 8.92. The molecule has 1 aliphatic heterocycles. The highest BCUT2D eigenvalue weighted by Crippen LogP contribution is 2.37. The van der Waals surface area contributed by atoms with Gasteiger partial charge in [-0.2, -0.15) is 5.26 Å². The Morgan fingerprint density at radius 2 is 2.05 bits per heavy atom. The Balaban J connectivity index is 1.90. The molecule has 2 aromatic rings. The third kappa shape index (κ3) is 3.07. The Labute approximate surface area is 140 Å². The molecule has 1 atom stereocenters. The standard InChI is InChI=1S/C16H12Br2N2O/c17-11-2-4-16-12(8-11)14(5-6-21-16)20-15-3-1-10(9-19)7-13(15)18/h1-4,7-8,14,20H,5-6H2. The summed E-state index contributed by atoms with van der Waals surface area (Å²) in [5.41, 5.74) is 2.77. The molecule has 21 heavy (non-hydrogen) atoms. The van der Waals surface area contributed by atoms with E-state index in [1.807, 2.05) is 30.3 Å². The van der Waals surface area contributed by atoms with Crippen LogP contribution in [-0.4, -0.2) is 6.61 Å². The zero-order valence-corrected chi connectivity index (χ0v) is 14.2. The summed E-state index contributed by atoms with van der Waals surface area (Å²) in [6.45, 7) is 0.695. The van der Waals surface area contributed by atoms with Crippen LogP contribution in [0.25, 0.3) is 0 Å².